The van der Waals surface area contributed by atoms with Crippen LogP contribution in [0.3, 0.4) is 0 Å². The smallest absolute Gasteiger partial charge is 0.245 e. The molecule has 0 saturated carbocycles. The number of benzene rings is 1. The molecule has 0 aliphatic carbocycles. The van der Waals surface area contributed by atoms with Gasteiger partial charge in [0.25, 0.3) is 0 Å². The first-order valence-electron chi connectivity index (χ1n) is 6.75. The van der Waals surface area contributed by atoms with E-state index in [9.17, 15) is 13.2 Å². The zero-order valence-corrected chi connectivity index (χ0v) is 13.9. The van der Waals surface area contributed by atoms with E-state index in [0.717, 1.165) is 15.3 Å². The van der Waals surface area contributed by atoms with Crippen molar-refractivity contribution in [2.75, 3.05) is 27.7 Å². The Kier molecular flexibility index (Phi) is 4.48. The zero-order valence-electron chi connectivity index (χ0n) is 13.1. The predicted octanol–water partition coefficient (Wildman–Crippen LogP) is 1.25. The zero-order chi connectivity index (χ0) is 16.5. The van der Waals surface area contributed by atoms with Gasteiger partial charge in [0.05, 0.1) is 12.1 Å². The van der Waals surface area contributed by atoms with Crippen molar-refractivity contribution in [2.24, 2.45) is 0 Å². The second-order valence-corrected chi connectivity index (χ2v) is 7.40. The summed E-state index contributed by atoms with van der Waals surface area (Å²) >= 11 is 0. The van der Waals surface area contributed by atoms with Crippen molar-refractivity contribution in [2.45, 2.75) is 11.8 Å². The Morgan fingerprint density at radius 3 is 2.55 bits per heavy atom. The molecule has 7 heteroatoms. The van der Waals surface area contributed by atoms with Crippen LogP contribution in [-0.2, 0) is 14.8 Å². The molecule has 0 unspecified atom stereocenters. The van der Waals surface area contributed by atoms with Crippen molar-refractivity contribution in [1.82, 2.24) is 14.2 Å². The van der Waals surface area contributed by atoms with Crippen molar-refractivity contribution in [3.63, 3.8) is 0 Å². The first-order chi connectivity index (χ1) is 10.2. The Morgan fingerprint density at radius 2 is 1.91 bits per heavy atom. The largest absolute Gasteiger partial charge is 0.348 e. The Morgan fingerprint density at radius 1 is 1.23 bits per heavy atom. The van der Waals surface area contributed by atoms with Gasteiger partial charge in [0.15, 0.2) is 0 Å². The molecule has 0 saturated heterocycles. The molecule has 1 aromatic heterocycles. The van der Waals surface area contributed by atoms with Crippen molar-refractivity contribution in [3.05, 3.63) is 36.0 Å². The fraction of sp³-hybridized carbons (Fsp3) is 0.333. The highest BCUT2D eigenvalue weighted by Crippen LogP contribution is 2.24. The average molecular weight is 321 g/mol. The van der Waals surface area contributed by atoms with Crippen LogP contribution >= 0.6 is 0 Å². The third-order valence-electron chi connectivity index (χ3n) is 3.36. The maximum atomic E-state index is 12.7. The number of aryl methyl sites for hydroxylation is 1. The number of amides is 1. The number of hydrogen-bond donors (Lipinski definition) is 0. The summed E-state index contributed by atoms with van der Waals surface area (Å²) in [6, 6.07) is 6.89. The van der Waals surface area contributed by atoms with Gasteiger partial charge in [-0.25, -0.2) is 8.42 Å². The summed E-state index contributed by atoms with van der Waals surface area (Å²) in [7, 11) is 0.786. The van der Waals surface area contributed by atoms with Gasteiger partial charge in [-0.05, 0) is 24.6 Å². The second kappa shape index (κ2) is 6.02. The maximum absolute atomic E-state index is 12.7. The Labute approximate surface area is 130 Å². The third-order valence-corrected chi connectivity index (χ3v) is 5.19. The van der Waals surface area contributed by atoms with Gasteiger partial charge in [-0.2, -0.15) is 4.31 Å². The van der Waals surface area contributed by atoms with Gasteiger partial charge in [0, 0.05) is 32.7 Å². The molecule has 1 aromatic carbocycles. The average Bonchev–Trinajstić information content (AvgIpc) is 2.45. The number of carbonyl (C=O) groups is 1. The highest BCUT2D eigenvalue weighted by atomic mass is 32.2. The van der Waals surface area contributed by atoms with E-state index in [0.29, 0.717) is 5.52 Å². The second-order valence-electron chi connectivity index (χ2n) is 5.39. The van der Waals surface area contributed by atoms with E-state index in [1.54, 1.807) is 26.4 Å². The van der Waals surface area contributed by atoms with Crippen LogP contribution in [0.25, 0.3) is 10.9 Å². The van der Waals surface area contributed by atoms with Crippen LogP contribution in [-0.4, -0.2) is 56.2 Å². The van der Waals surface area contributed by atoms with Gasteiger partial charge >= 0.3 is 0 Å². The van der Waals surface area contributed by atoms with Gasteiger partial charge in [-0.3, -0.25) is 9.78 Å². The molecule has 0 atom stereocenters. The Hall–Kier alpha value is -1.99. The maximum Gasteiger partial charge on any atom is 0.245 e. The van der Waals surface area contributed by atoms with Crippen LogP contribution in [0, 0.1) is 6.92 Å². The molecule has 1 amide bonds. The molecular weight excluding hydrogens is 302 g/mol. The lowest BCUT2D eigenvalue weighted by Gasteiger charge is -2.19. The van der Waals surface area contributed by atoms with E-state index in [1.165, 1.54) is 18.0 Å². The number of likely N-dealkylation sites (N-methyl/N-ethyl adjacent to an activating group) is 2. The molecule has 6 nitrogen and oxygen atoms in total. The van der Waals surface area contributed by atoms with Crippen molar-refractivity contribution in [1.29, 1.82) is 0 Å². The summed E-state index contributed by atoms with van der Waals surface area (Å²) in [5.74, 6) is -0.282. The quantitative estimate of drug-likeness (QED) is 0.850. The van der Waals surface area contributed by atoms with E-state index in [4.69, 9.17) is 0 Å². The minimum absolute atomic E-state index is 0.110. The molecular formula is C15H19N3O3S. The van der Waals surface area contributed by atoms with Gasteiger partial charge in [0.1, 0.15) is 4.90 Å². The van der Waals surface area contributed by atoms with E-state index in [1.807, 2.05) is 19.1 Å². The summed E-state index contributed by atoms with van der Waals surface area (Å²) < 4.78 is 26.5. The molecule has 0 N–H and O–H groups in total. The lowest BCUT2D eigenvalue weighted by Crippen LogP contribution is -2.37. The highest BCUT2D eigenvalue weighted by molar-refractivity contribution is 7.89. The highest BCUT2D eigenvalue weighted by Gasteiger charge is 2.25. The van der Waals surface area contributed by atoms with Crippen molar-refractivity contribution in [3.8, 4) is 0 Å². The van der Waals surface area contributed by atoms with Gasteiger partial charge in [-0.15, -0.1) is 0 Å². The van der Waals surface area contributed by atoms with E-state index >= 15 is 0 Å². The number of pyridine rings is 1. The number of rotatable bonds is 4. The molecule has 0 radical (unpaired) electrons. The summed E-state index contributed by atoms with van der Waals surface area (Å²) in [6.07, 6.45) is 1.63. The van der Waals surface area contributed by atoms with Crippen LogP contribution in [0.4, 0.5) is 0 Å². The monoisotopic (exact) mass is 321 g/mol. The van der Waals surface area contributed by atoms with Crippen LogP contribution in [0.15, 0.2) is 35.4 Å². The number of carbonyl (C=O) groups excluding carboxylic acids is 1. The summed E-state index contributed by atoms with van der Waals surface area (Å²) in [6.45, 7) is 1.69. The standard InChI is InChI=1S/C15H19N3O3S/c1-11-8-12-6-5-7-13(15(12)16-9-11)22(20,21)18(4)10-14(19)17(2)3/h5-9H,10H2,1-4H3. The minimum atomic E-state index is -3.78. The fourth-order valence-corrected chi connectivity index (χ4v) is 3.32. The van der Waals surface area contributed by atoms with Crippen molar-refractivity contribution < 1.29 is 13.2 Å². The first kappa shape index (κ1) is 16.4. The molecule has 0 bridgehead atoms. The number of hydrogen-bond acceptors (Lipinski definition) is 4. The molecule has 0 aliphatic rings. The van der Waals surface area contributed by atoms with Gasteiger partial charge < -0.3 is 4.90 Å². The SMILES string of the molecule is Cc1cnc2c(S(=O)(=O)N(C)CC(=O)N(C)C)cccc2c1. The number of sulfonamides is 1. The van der Waals surface area contributed by atoms with Gasteiger partial charge in [0.2, 0.25) is 15.9 Å². The topological polar surface area (TPSA) is 70.6 Å². The molecule has 1 heterocycles. The van der Waals surface area contributed by atoms with E-state index < -0.39 is 10.0 Å². The van der Waals surface area contributed by atoms with Crippen LogP contribution in [0.5, 0.6) is 0 Å². The fourth-order valence-electron chi connectivity index (χ4n) is 2.04. The Balaban J connectivity index is 2.48. The van der Waals surface area contributed by atoms with E-state index in [-0.39, 0.29) is 17.3 Å². The summed E-state index contributed by atoms with van der Waals surface area (Å²) in [5.41, 5.74) is 1.37. The molecule has 118 valence electrons. The molecule has 2 rings (SSSR count). The molecule has 0 spiro atoms. The molecule has 0 fully saturated rings. The predicted molar refractivity (Wildman–Crippen MR) is 85.0 cm³/mol. The number of fused-ring (bicyclic) bond motifs is 1. The first-order valence-corrected chi connectivity index (χ1v) is 8.19. The van der Waals surface area contributed by atoms with Crippen LogP contribution in [0.2, 0.25) is 0 Å². The molecule has 22 heavy (non-hydrogen) atoms. The third kappa shape index (κ3) is 3.10. The lowest BCUT2D eigenvalue weighted by atomic mass is 10.2. The summed E-state index contributed by atoms with van der Waals surface area (Å²) in [4.78, 5) is 17.5. The van der Waals surface area contributed by atoms with E-state index in [2.05, 4.69) is 4.98 Å². The molecule has 0 aliphatic heterocycles. The van der Waals surface area contributed by atoms with Gasteiger partial charge in [-0.1, -0.05) is 12.1 Å². The minimum Gasteiger partial charge on any atom is -0.348 e. The number of para-hydroxylation sites is 1. The molecule has 2 aromatic rings. The van der Waals surface area contributed by atoms with Crippen LogP contribution in [0.1, 0.15) is 5.56 Å². The van der Waals surface area contributed by atoms with Crippen molar-refractivity contribution >= 4 is 26.8 Å². The number of aromatic nitrogens is 1. The lowest BCUT2D eigenvalue weighted by molar-refractivity contribution is -0.128. The Bertz CT molecular complexity index is 816. The normalized spacial score (nSPS) is 11.9. The number of nitrogens with zero attached hydrogens (tertiary/aromatic N) is 3. The van der Waals surface area contributed by atoms with Crippen LogP contribution < -0.4 is 0 Å². The summed E-state index contributed by atoms with van der Waals surface area (Å²) in [5, 5.41) is 0.758.